The van der Waals surface area contributed by atoms with Crippen LogP contribution in [0.4, 0.5) is 0 Å². The lowest BCUT2D eigenvalue weighted by atomic mass is 9.96. The summed E-state index contributed by atoms with van der Waals surface area (Å²) < 4.78 is 0. The monoisotopic (exact) mass is 227 g/mol. The number of fused-ring (bicyclic) bond motifs is 1. The highest BCUT2D eigenvalue weighted by molar-refractivity contribution is 5.96. The molecule has 2 heteroatoms. The molecule has 0 atom stereocenters. The Hall–Kier alpha value is -1.59. The number of hydrogen-bond donors (Lipinski definition) is 1. The van der Waals surface area contributed by atoms with E-state index in [4.69, 9.17) is 0 Å². The number of hydrogen-bond acceptors (Lipinski definition) is 2. The van der Waals surface area contributed by atoms with Crippen LogP contribution in [0.1, 0.15) is 41.3 Å². The van der Waals surface area contributed by atoms with E-state index >= 15 is 0 Å². The van der Waals surface area contributed by atoms with Gasteiger partial charge in [-0.3, -0.25) is 4.79 Å². The number of carbonyl (C=O) groups is 1. The molecular weight excluding hydrogens is 210 g/mol. The van der Waals surface area contributed by atoms with Gasteiger partial charge in [-0.1, -0.05) is 12.1 Å². The zero-order valence-corrected chi connectivity index (χ0v) is 10.2. The molecule has 2 rings (SSSR count). The van der Waals surface area contributed by atoms with Gasteiger partial charge in [0.2, 0.25) is 0 Å². The Morgan fingerprint density at radius 2 is 2.29 bits per heavy atom. The van der Waals surface area contributed by atoms with E-state index in [9.17, 15) is 4.79 Å². The summed E-state index contributed by atoms with van der Waals surface area (Å²) in [6.07, 6.45) is 2.24. The van der Waals surface area contributed by atoms with Crippen molar-refractivity contribution in [2.45, 2.75) is 32.7 Å². The Kier molecular flexibility index (Phi) is 3.95. The summed E-state index contributed by atoms with van der Waals surface area (Å²) in [6, 6.07) is 6.07. The van der Waals surface area contributed by atoms with Crippen molar-refractivity contribution < 1.29 is 4.79 Å². The molecule has 0 fully saturated rings. The fraction of sp³-hybridized carbons (Fsp3) is 0.400. The van der Waals surface area contributed by atoms with Gasteiger partial charge in [0, 0.05) is 24.9 Å². The maximum Gasteiger partial charge on any atom is 0.163 e. The summed E-state index contributed by atoms with van der Waals surface area (Å²) in [6.45, 7) is 3.71. The molecule has 17 heavy (non-hydrogen) atoms. The van der Waals surface area contributed by atoms with Crippen molar-refractivity contribution in [1.29, 1.82) is 0 Å². The molecule has 0 saturated carbocycles. The fourth-order valence-electron chi connectivity index (χ4n) is 2.10. The Balaban J connectivity index is 2.10. The molecule has 1 N–H and O–H groups in total. The van der Waals surface area contributed by atoms with Crippen LogP contribution in [-0.2, 0) is 13.0 Å². The lowest BCUT2D eigenvalue weighted by molar-refractivity contribution is 0.0984. The van der Waals surface area contributed by atoms with E-state index < -0.39 is 0 Å². The lowest BCUT2D eigenvalue weighted by Crippen LogP contribution is -2.23. The zero-order chi connectivity index (χ0) is 12.1. The van der Waals surface area contributed by atoms with E-state index in [0.29, 0.717) is 12.8 Å². The average Bonchev–Trinajstić information content (AvgIpc) is 2.38. The van der Waals surface area contributed by atoms with Gasteiger partial charge in [0.1, 0.15) is 0 Å². The highest BCUT2D eigenvalue weighted by Crippen LogP contribution is 2.17. The minimum absolute atomic E-state index is 0.195. The van der Waals surface area contributed by atoms with Crippen LogP contribution in [0, 0.1) is 11.8 Å². The largest absolute Gasteiger partial charge is 0.312 e. The van der Waals surface area contributed by atoms with Crippen LogP contribution >= 0.6 is 0 Å². The summed E-state index contributed by atoms with van der Waals surface area (Å²) in [5.74, 6) is 5.94. The molecule has 1 aliphatic rings. The number of carbonyl (C=O) groups excluding carboxylic acids is 1. The summed E-state index contributed by atoms with van der Waals surface area (Å²) in [4.78, 5) is 11.9. The molecule has 0 unspecified atom stereocenters. The molecule has 0 amide bonds. The van der Waals surface area contributed by atoms with Crippen molar-refractivity contribution in [3.8, 4) is 11.8 Å². The Morgan fingerprint density at radius 1 is 1.41 bits per heavy atom. The highest BCUT2D eigenvalue weighted by atomic mass is 16.1. The normalized spacial score (nSPS) is 13.5. The van der Waals surface area contributed by atoms with Gasteiger partial charge in [-0.05, 0) is 37.1 Å². The van der Waals surface area contributed by atoms with Crippen LogP contribution in [0.15, 0.2) is 18.2 Å². The third-order valence-corrected chi connectivity index (χ3v) is 3.07. The minimum Gasteiger partial charge on any atom is -0.312 e. The second-order valence-electron chi connectivity index (χ2n) is 4.26. The number of rotatable bonds is 3. The van der Waals surface area contributed by atoms with Crippen LogP contribution in [0.2, 0.25) is 0 Å². The standard InChI is InChI=1S/C15H17NO/c1-2-3-4-5-15(17)13-7-6-12-8-9-16-11-14(12)10-13/h6-7,10,16H,4-5,8-9,11H2,1H3. The molecule has 0 saturated heterocycles. The van der Waals surface area contributed by atoms with E-state index in [1.54, 1.807) is 6.92 Å². The minimum atomic E-state index is 0.195. The van der Waals surface area contributed by atoms with E-state index in [1.807, 2.05) is 12.1 Å². The first-order valence-corrected chi connectivity index (χ1v) is 6.06. The molecule has 2 nitrogen and oxygen atoms in total. The second-order valence-corrected chi connectivity index (χ2v) is 4.26. The number of benzene rings is 1. The van der Waals surface area contributed by atoms with Crippen molar-refractivity contribution >= 4 is 5.78 Å². The fourth-order valence-corrected chi connectivity index (χ4v) is 2.10. The number of nitrogens with one attached hydrogen (secondary N) is 1. The first-order valence-electron chi connectivity index (χ1n) is 6.06. The van der Waals surface area contributed by atoms with E-state index in [2.05, 4.69) is 23.2 Å². The molecule has 0 spiro atoms. The Labute approximate surface area is 102 Å². The van der Waals surface area contributed by atoms with Crippen LogP contribution in [0.5, 0.6) is 0 Å². The third kappa shape index (κ3) is 2.95. The topological polar surface area (TPSA) is 29.1 Å². The molecule has 0 radical (unpaired) electrons. The van der Waals surface area contributed by atoms with Crippen LogP contribution in [-0.4, -0.2) is 12.3 Å². The smallest absolute Gasteiger partial charge is 0.163 e. The van der Waals surface area contributed by atoms with Gasteiger partial charge in [-0.25, -0.2) is 0 Å². The molecular formula is C15H17NO. The second kappa shape index (κ2) is 5.65. The van der Waals surface area contributed by atoms with Crippen LogP contribution in [0.3, 0.4) is 0 Å². The van der Waals surface area contributed by atoms with Gasteiger partial charge >= 0.3 is 0 Å². The van der Waals surface area contributed by atoms with Crippen molar-refractivity contribution in [2.24, 2.45) is 0 Å². The predicted molar refractivity (Wildman–Crippen MR) is 68.9 cm³/mol. The van der Waals surface area contributed by atoms with Gasteiger partial charge in [0.25, 0.3) is 0 Å². The van der Waals surface area contributed by atoms with Crippen molar-refractivity contribution in [3.63, 3.8) is 0 Å². The van der Waals surface area contributed by atoms with Gasteiger partial charge in [-0.2, -0.15) is 0 Å². The van der Waals surface area contributed by atoms with Crippen molar-refractivity contribution in [2.75, 3.05) is 6.54 Å². The lowest BCUT2D eigenvalue weighted by Gasteiger charge is -2.17. The van der Waals surface area contributed by atoms with Crippen molar-refractivity contribution in [3.05, 3.63) is 34.9 Å². The molecule has 0 aromatic heterocycles. The van der Waals surface area contributed by atoms with Gasteiger partial charge in [-0.15, -0.1) is 11.8 Å². The summed E-state index contributed by atoms with van der Waals surface area (Å²) >= 11 is 0. The summed E-state index contributed by atoms with van der Waals surface area (Å²) in [7, 11) is 0. The van der Waals surface area contributed by atoms with Gasteiger partial charge in [0.15, 0.2) is 5.78 Å². The molecule has 88 valence electrons. The maximum atomic E-state index is 11.9. The first-order chi connectivity index (χ1) is 8.31. The highest BCUT2D eigenvalue weighted by Gasteiger charge is 2.11. The predicted octanol–water partition coefficient (Wildman–Crippen LogP) is 2.32. The quantitative estimate of drug-likeness (QED) is 0.634. The molecule has 1 aromatic rings. The summed E-state index contributed by atoms with van der Waals surface area (Å²) in [5.41, 5.74) is 3.46. The molecule has 1 aromatic carbocycles. The number of Topliss-reactive ketones (excluding diaryl/α,β-unsaturated/α-hetero) is 1. The first kappa shape index (κ1) is 11.9. The molecule has 1 heterocycles. The maximum absolute atomic E-state index is 11.9. The van der Waals surface area contributed by atoms with Gasteiger partial charge < -0.3 is 5.32 Å². The van der Waals surface area contributed by atoms with Gasteiger partial charge in [0.05, 0.1) is 0 Å². The van der Waals surface area contributed by atoms with Crippen LogP contribution < -0.4 is 5.32 Å². The summed E-state index contributed by atoms with van der Waals surface area (Å²) in [5, 5.41) is 3.33. The van der Waals surface area contributed by atoms with E-state index in [0.717, 1.165) is 25.1 Å². The van der Waals surface area contributed by atoms with Crippen molar-refractivity contribution in [1.82, 2.24) is 5.32 Å². The number of ketones is 1. The van der Waals surface area contributed by atoms with E-state index in [-0.39, 0.29) is 5.78 Å². The van der Waals surface area contributed by atoms with E-state index in [1.165, 1.54) is 11.1 Å². The molecule has 1 aliphatic heterocycles. The SMILES string of the molecule is CC#CCCC(=O)c1ccc2c(c1)CNCC2. The zero-order valence-electron chi connectivity index (χ0n) is 10.2. The molecule has 0 bridgehead atoms. The molecule has 0 aliphatic carbocycles. The Bertz CT molecular complexity index is 479. The average molecular weight is 227 g/mol. The Morgan fingerprint density at radius 3 is 3.12 bits per heavy atom. The van der Waals surface area contributed by atoms with Crippen LogP contribution in [0.25, 0.3) is 0 Å². The third-order valence-electron chi connectivity index (χ3n) is 3.07.